The minimum atomic E-state index is -3.20. The minimum absolute atomic E-state index is 0.0759. The van der Waals surface area contributed by atoms with Crippen LogP contribution >= 0.6 is 6.64 Å². The van der Waals surface area contributed by atoms with E-state index < -0.39 is 30.9 Å². The Balaban J connectivity index is 2.95. The van der Waals surface area contributed by atoms with Gasteiger partial charge in [-0.05, 0) is 44.7 Å². The first kappa shape index (κ1) is 26.6. The molecule has 0 aliphatic rings. The van der Waals surface area contributed by atoms with Gasteiger partial charge in [-0.3, -0.25) is 4.79 Å². The van der Waals surface area contributed by atoms with Gasteiger partial charge in [0.25, 0.3) is 0 Å². The summed E-state index contributed by atoms with van der Waals surface area (Å²) in [7, 11) is 1.45. The Bertz CT molecular complexity index is 762. The number of aliphatic hydroxyl groups excluding tert-OH is 1. The van der Waals surface area contributed by atoms with Crippen molar-refractivity contribution in [1.82, 2.24) is 5.09 Å². The van der Waals surface area contributed by atoms with Crippen LogP contribution in [0.25, 0.3) is 0 Å². The van der Waals surface area contributed by atoms with Crippen molar-refractivity contribution in [3.8, 4) is 17.6 Å². The van der Waals surface area contributed by atoms with Gasteiger partial charge < -0.3 is 23.6 Å². The molecule has 30 heavy (non-hydrogen) atoms. The summed E-state index contributed by atoms with van der Waals surface area (Å²) in [6.45, 7) is 5.73. The van der Waals surface area contributed by atoms with Crippen molar-refractivity contribution in [3.63, 3.8) is 0 Å². The van der Waals surface area contributed by atoms with E-state index in [1.807, 2.05) is 19.9 Å². The number of rotatable bonds is 11. The van der Waals surface area contributed by atoms with Gasteiger partial charge in [0.05, 0.1) is 12.7 Å². The lowest BCUT2D eigenvalue weighted by Gasteiger charge is -2.28. The summed E-state index contributed by atoms with van der Waals surface area (Å²) in [6.07, 6.45) is -2.05. The number of aliphatic hydroxyl groups is 1. The molecule has 0 aromatic heterocycles. The molecule has 1 aromatic rings. The SMILES string of the molecule is CO[C@H](COP(=S)(NC(C)C(=O)OC(C)C)Oc1ccccc1)[C@@H](O)C#CC(C)C. The van der Waals surface area contributed by atoms with Crippen molar-refractivity contribution in [2.24, 2.45) is 5.92 Å². The first-order valence-corrected chi connectivity index (χ1v) is 12.4. The lowest BCUT2D eigenvalue weighted by molar-refractivity contribution is -0.149. The molecule has 168 valence electrons. The lowest BCUT2D eigenvalue weighted by Crippen LogP contribution is -2.37. The Morgan fingerprint density at radius 3 is 2.33 bits per heavy atom. The van der Waals surface area contributed by atoms with Crippen LogP contribution in [0.1, 0.15) is 34.6 Å². The van der Waals surface area contributed by atoms with Gasteiger partial charge in [0, 0.05) is 13.0 Å². The third-order valence-electron chi connectivity index (χ3n) is 3.61. The highest BCUT2D eigenvalue weighted by molar-refractivity contribution is 8.09. The molecule has 4 atom stereocenters. The number of para-hydroxylation sites is 1. The van der Waals surface area contributed by atoms with Crippen LogP contribution in [0.5, 0.6) is 5.75 Å². The third-order valence-corrected chi connectivity index (χ3v) is 6.11. The largest absolute Gasteiger partial charge is 0.462 e. The summed E-state index contributed by atoms with van der Waals surface area (Å²) in [5.74, 6) is 5.78. The molecule has 0 heterocycles. The molecule has 9 heteroatoms. The van der Waals surface area contributed by atoms with Gasteiger partial charge in [0.2, 0.25) is 0 Å². The van der Waals surface area contributed by atoms with Crippen molar-refractivity contribution in [2.45, 2.75) is 59.0 Å². The molecule has 2 unspecified atom stereocenters. The number of benzene rings is 1. The lowest BCUT2D eigenvalue weighted by atomic mass is 10.1. The van der Waals surface area contributed by atoms with Gasteiger partial charge in [-0.1, -0.05) is 43.9 Å². The number of hydrogen-bond acceptors (Lipinski definition) is 7. The second-order valence-electron chi connectivity index (χ2n) is 7.20. The number of carbonyl (C=O) groups excluding carboxylic acids is 1. The molecular formula is C21H32NO6PS. The van der Waals surface area contributed by atoms with Crippen molar-refractivity contribution < 1.29 is 28.4 Å². The molecular weight excluding hydrogens is 425 g/mol. The summed E-state index contributed by atoms with van der Waals surface area (Å²) >= 11 is 5.63. The molecule has 1 aromatic carbocycles. The molecule has 0 bridgehead atoms. The molecule has 7 nitrogen and oxygen atoms in total. The van der Waals surface area contributed by atoms with Gasteiger partial charge in [-0.2, -0.15) is 0 Å². The molecule has 2 N–H and O–H groups in total. The molecule has 0 radical (unpaired) electrons. The van der Waals surface area contributed by atoms with E-state index in [1.165, 1.54) is 7.11 Å². The first-order chi connectivity index (χ1) is 14.1. The Morgan fingerprint density at radius 1 is 1.17 bits per heavy atom. The van der Waals surface area contributed by atoms with Gasteiger partial charge in [-0.15, -0.1) is 0 Å². The number of hydrogen-bond donors (Lipinski definition) is 2. The smallest absolute Gasteiger partial charge is 0.323 e. The second kappa shape index (κ2) is 13.1. The summed E-state index contributed by atoms with van der Waals surface area (Å²) in [6, 6.07) is 8.16. The minimum Gasteiger partial charge on any atom is -0.462 e. The van der Waals surface area contributed by atoms with E-state index in [0.717, 1.165) is 0 Å². The Labute approximate surface area is 184 Å². The highest BCUT2D eigenvalue weighted by Crippen LogP contribution is 2.45. The van der Waals surface area contributed by atoms with Gasteiger partial charge in [0.15, 0.2) is 0 Å². The number of ether oxygens (including phenoxy) is 2. The zero-order valence-corrected chi connectivity index (χ0v) is 20.0. The van der Waals surface area contributed by atoms with E-state index >= 15 is 0 Å². The normalized spacial score (nSPS) is 16.2. The molecule has 0 aliphatic heterocycles. The fourth-order valence-corrected chi connectivity index (χ4v) is 4.56. The summed E-state index contributed by atoms with van der Waals surface area (Å²) in [4.78, 5) is 12.2. The zero-order chi connectivity index (χ0) is 22.7. The molecule has 1 rings (SSSR count). The predicted molar refractivity (Wildman–Crippen MR) is 121 cm³/mol. The van der Waals surface area contributed by atoms with E-state index in [9.17, 15) is 9.90 Å². The fourth-order valence-electron chi connectivity index (χ4n) is 2.14. The van der Waals surface area contributed by atoms with E-state index in [0.29, 0.717) is 5.75 Å². The molecule has 0 amide bonds. The highest BCUT2D eigenvalue weighted by Gasteiger charge is 2.30. The standard InChI is InChI=1S/C21H32NO6PS/c1-15(2)12-13-19(23)20(25-6)14-26-29(30,28-18-10-8-7-9-11-18)22-17(5)21(24)27-16(3)4/h7-11,15-17,19-20,23H,14H2,1-6H3,(H,22,30)/t17?,19-,20+,29?/m0/s1. The van der Waals surface area contributed by atoms with Crippen LogP contribution in [0.15, 0.2) is 30.3 Å². The maximum absolute atomic E-state index is 12.2. The predicted octanol–water partition coefficient (Wildman–Crippen LogP) is 3.27. The molecule has 0 fully saturated rings. The van der Waals surface area contributed by atoms with Crippen LogP contribution in [0, 0.1) is 17.8 Å². The fraction of sp³-hybridized carbons (Fsp3) is 0.571. The topological polar surface area (TPSA) is 86.3 Å². The third kappa shape index (κ3) is 10.0. The van der Waals surface area contributed by atoms with Crippen LogP contribution < -0.4 is 9.61 Å². The molecule has 0 saturated carbocycles. The number of methoxy groups -OCH3 is 1. The van der Waals surface area contributed by atoms with Gasteiger partial charge in [-0.25, -0.2) is 5.09 Å². The Hall–Kier alpha value is -1.46. The van der Waals surface area contributed by atoms with E-state index in [-0.39, 0.29) is 18.6 Å². The maximum atomic E-state index is 12.2. The summed E-state index contributed by atoms with van der Waals surface area (Å²) < 4.78 is 22.3. The van der Waals surface area contributed by atoms with E-state index in [4.69, 9.17) is 30.3 Å². The van der Waals surface area contributed by atoms with Crippen molar-refractivity contribution >= 4 is 24.4 Å². The van der Waals surface area contributed by atoms with Gasteiger partial charge >= 0.3 is 12.6 Å². The Morgan fingerprint density at radius 2 is 1.80 bits per heavy atom. The zero-order valence-electron chi connectivity index (χ0n) is 18.3. The van der Waals surface area contributed by atoms with E-state index in [1.54, 1.807) is 45.0 Å². The van der Waals surface area contributed by atoms with E-state index in [2.05, 4.69) is 16.9 Å². The van der Waals surface area contributed by atoms with Crippen LogP contribution in [0.3, 0.4) is 0 Å². The first-order valence-electron chi connectivity index (χ1n) is 9.75. The molecule has 0 aliphatic carbocycles. The number of esters is 1. The van der Waals surface area contributed by atoms with Crippen molar-refractivity contribution in [1.29, 1.82) is 0 Å². The molecule has 0 spiro atoms. The maximum Gasteiger partial charge on any atom is 0.323 e. The number of nitrogens with one attached hydrogen (secondary N) is 1. The summed E-state index contributed by atoms with van der Waals surface area (Å²) in [5.41, 5.74) is 0. The van der Waals surface area contributed by atoms with Crippen molar-refractivity contribution in [3.05, 3.63) is 30.3 Å². The van der Waals surface area contributed by atoms with Crippen LogP contribution in [0.4, 0.5) is 0 Å². The van der Waals surface area contributed by atoms with Crippen molar-refractivity contribution in [2.75, 3.05) is 13.7 Å². The quantitative estimate of drug-likeness (QED) is 0.298. The van der Waals surface area contributed by atoms with Crippen LogP contribution in [-0.4, -0.2) is 49.1 Å². The van der Waals surface area contributed by atoms with Gasteiger partial charge in [0.1, 0.15) is 24.0 Å². The monoisotopic (exact) mass is 457 g/mol. The average molecular weight is 458 g/mol. The summed E-state index contributed by atoms with van der Waals surface area (Å²) in [5, 5.41) is 13.2. The number of carbonyl (C=O) groups is 1. The second-order valence-corrected chi connectivity index (χ2v) is 10.3. The molecule has 0 saturated heterocycles. The van der Waals surface area contributed by atoms with Crippen LogP contribution in [-0.2, 0) is 30.6 Å². The Kier molecular flexibility index (Phi) is 11.6. The highest BCUT2D eigenvalue weighted by atomic mass is 32.5. The average Bonchev–Trinajstić information content (AvgIpc) is 2.66. The van der Waals surface area contributed by atoms with Crippen LogP contribution in [0.2, 0.25) is 0 Å².